The molecule has 3 atom stereocenters. The Morgan fingerprint density at radius 3 is 2.33 bits per heavy atom. The van der Waals surface area contributed by atoms with E-state index in [1.54, 1.807) is 42.5 Å². The fourth-order valence-corrected chi connectivity index (χ4v) is 7.70. The molecule has 2 amide bonds. The van der Waals surface area contributed by atoms with Crippen LogP contribution in [0.15, 0.2) is 103 Å². The molecule has 46 heavy (non-hydrogen) atoms. The number of nitrogens with zero attached hydrogens (tertiary/aromatic N) is 3. The predicted octanol–water partition coefficient (Wildman–Crippen LogP) is 3.54. The Hall–Kier alpha value is -5.07. The lowest BCUT2D eigenvalue weighted by Crippen LogP contribution is -2.53. The highest BCUT2D eigenvalue weighted by molar-refractivity contribution is 7.88. The Kier molecular flexibility index (Phi) is 8.82. The van der Waals surface area contributed by atoms with Crippen LogP contribution in [0.2, 0.25) is 0 Å². The fraction of sp³-hybridized carbons (Fsp3) is 0.235. The normalized spacial score (nSPS) is 18.6. The summed E-state index contributed by atoms with van der Waals surface area (Å²) in [5.41, 5.74) is 2.95. The van der Waals surface area contributed by atoms with E-state index < -0.39 is 40.1 Å². The van der Waals surface area contributed by atoms with E-state index in [-0.39, 0.29) is 49.0 Å². The smallest absolute Gasteiger partial charge is 0.413 e. The number of hydrogen-bond acceptors (Lipinski definition) is 8. The van der Waals surface area contributed by atoms with Crippen LogP contribution in [0.3, 0.4) is 0 Å². The van der Waals surface area contributed by atoms with Crippen LogP contribution >= 0.6 is 0 Å². The van der Waals surface area contributed by atoms with Crippen LogP contribution < -0.4 is 10.1 Å². The second-order valence-corrected chi connectivity index (χ2v) is 13.2. The van der Waals surface area contributed by atoms with E-state index in [9.17, 15) is 27.9 Å². The number of Topliss-reactive ketones (excluding diaryl/α,β-unsaturated/α-hetero) is 1. The average molecular weight is 641 g/mol. The van der Waals surface area contributed by atoms with Crippen LogP contribution in [0.25, 0.3) is 11.1 Å². The number of carbonyl (C=O) groups is 3. The van der Waals surface area contributed by atoms with Crippen molar-refractivity contribution in [1.82, 2.24) is 19.5 Å². The van der Waals surface area contributed by atoms with Crippen molar-refractivity contribution in [2.24, 2.45) is 0 Å². The largest absolute Gasteiger partial charge is 0.508 e. The number of aromatic hydroxyl groups is 1. The predicted molar refractivity (Wildman–Crippen MR) is 169 cm³/mol. The molecule has 2 saturated heterocycles. The quantitative estimate of drug-likeness (QED) is 0.283. The molecule has 3 heterocycles. The van der Waals surface area contributed by atoms with Crippen molar-refractivity contribution in [3.8, 4) is 22.6 Å². The Morgan fingerprint density at radius 1 is 0.935 bits per heavy atom. The number of phenols is 1. The zero-order valence-electron chi connectivity index (χ0n) is 24.7. The van der Waals surface area contributed by atoms with Gasteiger partial charge in [-0.2, -0.15) is 4.31 Å². The third-order valence-corrected chi connectivity index (χ3v) is 9.99. The van der Waals surface area contributed by atoms with Gasteiger partial charge in [-0.15, -0.1) is 0 Å². The molecule has 11 nitrogen and oxygen atoms in total. The molecule has 3 unspecified atom stereocenters. The highest BCUT2D eigenvalue weighted by atomic mass is 32.2. The number of hydrogen-bond donors (Lipinski definition) is 2. The summed E-state index contributed by atoms with van der Waals surface area (Å²) >= 11 is 0. The van der Waals surface area contributed by atoms with E-state index in [1.807, 2.05) is 42.5 Å². The molecule has 236 valence electrons. The third kappa shape index (κ3) is 6.77. The molecule has 2 aliphatic heterocycles. The van der Waals surface area contributed by atoms with Crippen LogP contribution in [0.5, 0.6) is 11.5 Å². The standard InChI is InChI=1S/C34H32N4O7S/c39-27-13-9-23(10-14-27)20-29(36-34(42)45-28-15-11-25(12-16-28)24-6-2-1-3-7-24)33(41)37-19-17-30-32(37)31(40)21-38(30)46(43,44)22-26-8-4-5-18-35-26/h1-16,18,29-30,32,39H,17,19-22H2,(H,36,42). The number of phenolic OH excluding ortho intramolecular Hbond substituents is 1. The van der Waals surface area contributed by atoms with Crippen molar-refractivity contribution in [2.75, 3.05) is 13.1 Å². The second-order valence-electron chi connectivity index (χ2n) is 11.3. The summed E-state index contributed by atoms with van der Waals surface area (Å²) in [6.07, 6.45) is 0.960. The van der Waals surface area contributed by atoms with Gasteiger partial charge in [0.2, 0.25) is 15.9 Å². The Labute approximate surface area is 266 Å². The lowest BCUT2D eigenvalue weighted by atomic mass is 10.0. The number of amides is 2. The van der Waals surface area contributed by atoms with E-state index in [4.69, 9.17) is 4.74 Å². The van der Waals surface area contributed by atoms with Gasteiger partial charge in [-0.05, 0) is 59.5 Å². The maximum atomic E-state index is 14.0. The van der Waals surface area contributed by atoms with Crippen molar-refractivity contribution in [3.05, 3.63) is 115 Å². The molecule has 4 aromatic rings. The highest BCUT2D eigenvalue weighted by Gasteiger charge is 2.54. The zero-order chi connectivity index (χ0) is 32.3. The van der Waals surface area contributed by atoms with Gasteiger partial charge in [-0.3, -0.25) is 14.6 Å². The number of carbonyl (C=O) groups excluding carboxylic acids is 3. The Bertz CT molecular complexity index is 1820. The first kappa shape index (κ1) is 30.9. The minimum Gasteiger partial charge on any atom is -0.508 e. The lowest BCUT2D eigenvalue weighted by Gasteiger charge is -2.28. The molecule has 0 spiro atoms. The van der Waals surface area contributed by atoms with Gasteiger partial charge < -0.3 is 20.1 Å². The fourth-order valence-electron chi connectivity index (χ4n) is 6.03. The van der Waals surface area contributed by atoms with Crippen molar-refractivity contribution in [3.63, 3.8) is 0 Å². The first-order chi connectivity index (χ1) is 22.2. The van der Waals surface area contributed by atoms with Crippen molar-refractivity contribution in [2.45, 2.75) is 36.7 Å². The minimum absolute atomic E-state index is 0.0453. The topological polar surface area (TPSA) is 146 Å². The number of likely N-dealkylation sites (tertiary alicyclic amines) is 1. The molecule has 12 heteroatoms. The number of ether oxygens (including phenoxy) is 1. The summed E-state index contributed by atoms with van der Waals surface area (Å²) in [4.78, 5) is 45.8. The molecule has 6 rings (SSSR count). The third-order valence-electron chi connectivity index (χ3n) is 8.21. The molecule has 0 bridgehead atoms. The van der Waals surface area contributed by atoms with Gasteiger partial charge >= 0.3 is 6.09 Å². The number of fused-ring (bicyclic) bond motifs is 1. The van der Waals surface area contributed by atoms with Crippen LogP contribution in [0.4, 0.5) is 4.79 Å². The van der Waals surface area contributed by atoms with Crippen LogP contribution in [0, 0.1) is 0 Å². The maximum Gasteiger partial charge on any atom is 0.413 e. The summed E-state index contributed by atoms with van der Waals surface area (Å²) in [7, 11) is -3.90. The number of ketones is 1. The van der Waals surface area contributed by atoms with E-state index in [1.165, 1.54) is 27.5 Å². The van der Waals surface area contributed by atoms with E-state index in [0.29, 0.717) is 11.3 Å². The van der Waals surface area contributed by atoms with Gasteiger partial charge in [0.15, 0.2) is 5.78 Å². The summed E-state index contributed by atoms with van der Waals surface area (Å²) in [6, 6.07) is 25.0. The van der Waals surface area contributed by atoms with Crippen LogP contribution in [-0.4, -0.2) is 76.7 Å². The van der Waals surface area contributed by atoms with Gasteiger partial charge in [0.1, 0.15) is 29.3 Å². The number of pyridine rings is 1. The molecular weight excluding hydrogens is 608 g/mol. The molecule has 2 fully saturated rings. The molecule has 2 N–H and O–H groups in total. The summed E-state index contributed by atoms with van der Waals surface area (Å²) in [5.74, 6) is -0.960. The highest BCUT2D eigenvalue weighted by Crippen LogP contribution is 2.33. The second kappa shape index (κ2) is 13.1. The number of rotatable bonds is 9. The van der Waals surface area contributed by atoms with Crippen molar-refractivity contribution in [1.29, 1.82) is 0 Å². The molecular formula is C34H32N4O7S. The number of aromatic nitrogens is 1. The Balaban J connectivity index is 1.18. The van der Waals surface area contributed by atoms with Gasteiger partial charge in [0.25, 0.3) is 0 Å². The number of benzene rings is 3. The van der Waals surface area contributed by atoms with E-state index in [2.05, 4.69) is 10.3 Å². The number of sulfonamides is 1. The maximum absolute atomic E-state index is 14.0. The molecule has 2 aliphatic rings. The van der Waals surface area contributed by atoms with Gasteiger partial charge in [0, 0.05) is 19.2 Å². The first-order valence-corrected chi connectivity index (χ1v) is 16.4. The average Bonchev–Trinajstić information content (AvgIpc) is 3.64. The zero-order valence-corrected chi connectivity index (χ0v) is 25.5. The molecule has 1 aromatic heterocycles. The van der Waals surface area contributed by atoms with E-state index in [0.717, 1.165) is 11.1 Å². The Morgan fingerprint density at radius 2 is 1.63 bits per heavy atom. The summed E-state index contributed by atoms with van der Waals surface area (Å²) in [6.45, 7) is -0.204. The van der Waals surface area contributed by atoms with Crippen LogP contribution in [-0.2, 0) is 31.8 Å². The lowest BCUT2D eigenvalue weighted by molar-refractivity contribution is -0.138. The van der Waals surface area contributed by atoms with Gasteiger partial charge in [-0.1, -0.05) is 60.7 Å². The van der Waals surface area contributed by atoms with Gasteiger partial charge in [0.05, 0.1) is 18.3 Å². The molecule has 0 radical (unpaired) electrons. The summed E-state index contributed by atoms with van der Waals surface area (Å²) < 4.78 is 33.3. The monoisotopic (exact) mass is 640 g/mol. The molecule has 0 saturated carbocycles. The molecule has 0 aliphatic carbocycles. The van der Waals surface area contributed by atoms with Crippen LogP contribution in [0.1, 0.15) is 17.7 Å². The minimum atomic E-state index is -3.90. The van der Waals surface area contributed by atoms with E-state index >= 15 is 0 Å². The SMILES string of the molecule is O=C(NC(Cc1ccc(O)cc1)C(=O)N1CCC2C1C(=O)CN2S(=O)(=O)Cc1ccccn1)Oc1ccc(-c2ccccc2)cc1. The van der Waals surface area contributed by atoms with Crippen molar-refractivity contribution >= 4 is 27.8 Å². The van der Waals surface area contributed by atoms with Gasteiger partial charge in [-0.25, -0.2) is 13.2 Å². The summed E-state index contributed by atoms with van der Waals surface area (Å²) in [5, 5.41) is 12.4. The molecule has 3 aromatic carbocycles. The van der Waals surface area contributed by atoms with Crippen molar-refractivity contribution < 1.29 is 32.6 Å². The number of nitrogens with one attached hydrogen (secondary N) is 1. The first-order valence-electron chi connectivity index (χ1n) is 14.8.